The molecule has 2 aromatic rings. The van der Waals surface area contributed by atoms with Gasteiger partial charge in [0.25, 0.3) is 0 Å². The normalized spacial score (nSPS) is 21.4. The van der Waals surface area contributed by atoms with Crippen molar-refractivity contribution in [3.05, 3.63) is 68.8 Å². The van der Waals surface area contributed by atoms with E-state index >= 15 is 0 Å². The van der Waals surface area contributed by atoms with E-state index in [1.54, 1.807) is 0 Å². The van der Waals surface area contributed by atoms with Crippen molar-refractivity contribution < 1.29 is 0 Å². The fraction of sp³-hybridized carbons (Fsp3) is 0.294. The summed E-state index contributed by atoms with van der Waals surface area (Å²) >= 11 is 2.36. The summed E-state index contributed by atoms with van der Waals surface area (Å²) in [5.74, 6) is 0.669. The number of fused-ring (bicyclic) bond motifs is 1. The Morgan fingerprint density at radius 2 is 1.84 bits per heavy atom. The number of benzene rings is 2. The maximum absolute atomic E-state index is 3.50. The molecular formula is C17H18IN. The highest BCUT2D eigenvalue weighted by atomic mass is 127. The van der Waals surface area contributed by atoms with Gasteiger partial charge in [0.15, 0.2) is 0 Å². The second-order valence-corrected chi connectivity index (χ2v) is 6.51. The highest BCUT2D eigenvalue weighted by Crippen LogP contribution is 2.37. The Hall–Kier alpha value is -0.870. The quantitative estimate of drug-likeness (QED) is 0.814. The van der Waals surface area contributed by atoms with Crippen molar-refractivity contribution in [1.82, 2.24) is 5.32 Å². The smallest absolute Gasteiger partial charge is 0.0355 e. The molecule has 2 aromatic carbocycles. The summed E-state index contributed by atoms with van der Waals surface area (Å²) in [6, 6.07) is 18.3. The van der Waals surface area contributed by atoms with Crippen molar-refractivity contribution in [3.63, 3.8) is 0 Å². The van der Waals surface area contributed by atoms with Gasteiger partial charge in [-0.2, -0.15) is 0 Å². The lowest BCUT2D eigenvalue weighted by atomic mass is 9.93. The molecule has 3 rings (SSSR count). The van der Waals surface area contributed by atoms with Crippen molar-refractivity contribution in [2.45, 2.75) is 18.9 Å². The summed E-state index contributed by atoms with van der Waals surface area (Å²) in [5, 5.41) is 3.50. The van der Waals surface area contributed by atoms with Crippen LogP contribution in [0.1, 0.15) is 22.7 Å². The minimum absolute atomic E-state index is 0.496. The standard InChI is InChI=1S/C17H18IN/c1-19-17-14(10-12-6-8-15(18)9-7-12)11-13-4-2-3-5-16(13)17/h2-9,14,17,19H,10-11H2,1H3. The van der Waals surface area contributed by atoms with E-state index in [0.717, 1.165) is 6.42 Å². The predicted octanol–water partition coefficient (Wildman–Crippen LogP) is 3.97. The maximum atomic E-state index is 3.50. The van der Waals surface area contributed by atoms with Gasteiger partial charge in [-0.3, -0.25) is 0 Å². The molecule has 1 aliphatic rings. The van der Waals surface area contributed by atoms with Crippen molar-refractivity contribution in [2.75, 3.05) is 7.05 Å². The van der Waals surface area contributed by atoms with Gasteiger partial charge in [-0.25, -0.2) is 0 Å². The molecule has 0 spiro atoms. The van der Waals surface area contributed by atoms with Crippen molar-refractivity contribution in [2.24, 2.45) is 5.92 Å². The summed E-state index contributed by atoms with van der Waals surface area (Å²) < 4.78 is 1.31. The Bertz CT molecular complexity index is 562. The largest absolute Gasteiger partial charge is 0.313 e. The highest BCUT2D eigenvalue weighted by molar-refractivity contribution is 14.1. The fourth-order valence-electron chi connectivity index (χ4n) is 3.18. The molecule has 1 nitrogen and oxygen atoms in total. The Morgan fingerprint density at radius 1 is 1.11 bits per heavy atom. The SMILES string of the molecule is CNC1c2ccccc2CC1Cc1ccc(I)cc1. The van der Waals surface area contributed by atoms with Gasteiger partial charge in [-0.05, 0) is 77.2 Å². The van der Waals surface area contributed by atoms with Crippen molar-refractivity contribution in [1.29, 1.82) is 0 Å². The first-order chi connectivity index (χ1) is 9.28. The van der Waals surface area contributed by atoms with Crippen molar-refractivity contribution in [3.8, 4) is 0 Å². The summed E-state index contributed by atoms with van der Waals surface area (Å²) in [4.78, 5) is 0. The van der Waals surface area contributed by atoms with E-state index in [4.69, 9.17) is 0 Å². The molecular weight excluding hydrogens is 345 g/mol. The molecule has 2 heteroatoms. The fourth-order valence-corrected chi connectivity index (χ4v) is 3.54. The van der Waals surface area contributed by atoms with Gasteiger partial charge in [0.05, 0.1) is 0 Å². The molecule has 98 valence electrons. The molecule has 19 heavy (non-hydrogen) atoms. The molecule has 0 saturated heterocycles. The van der Waals surface area contributed by atoms with Gasteiger partial charge < -0.3 is 5.32 Å². The summed E-state index contributed by atoms with van der Waals surface area (Å²) in [5.41, 5.74) is 4.44. The number of halogens is 1. The highest BCUT2D eigenvalue weighted by Gasteiger charge is 2.30. The van der Waals surface area contributed by atoms with E-state index in [0.29, 0.717) is 12.0 Å². The first-order valence-electron chi connectivity index (χ1n) is 6.77. The Labute approximate surface area is 128 Å². The van der Waals surface area contributed by atoms with Crippen LogP contribution in [-0.2, 0) is 12.8 Å². The average molecular weight is 363 g/mol. The number of nitrogens with one attached hydrogen (secondary N) is 1. The van der Waals surface area contributed by atoms with Crippen LogP contribution in [0.15, 0.2) is 48.5 Å². The summed E-state index contributed by atoms with van der Waals surface area (Å²) in [6.45, 7) is 0. The first kappa shape index (κ1) is 13.1. The molecule has 0 radical (unpaired) electrons. The number of hydrogen-bond donors (Lipinski definition) is 1. The zero-order valence-electron chi connectivity index (χ0n) is 11.1. The van der Waals surface area contributed by atoms with E-state index < -0.39 is 0 Å². The van der Waals surface area contributed by atoms with Crippen LogP contribution in [0, 0.1) is 9.49 Å². The van der Waals surface area contributed by atoms with Gasteiger partial charge in [0.1, 0.15) is 0 Å². The molecule has 1 aliphatic carbocycles. The van der Waals surface area contributed by atoms with E-state index in [1.165, 1.54) is 26.7 Å². The molecule has 0 bridgehead atoms. The molecule has 0 amide bonds. The lowest BCUT2D eigenvalue weighted by Crippen LogP contribution is -2.23. The molecule has 1 N–H and O–H groups in total. The molecule has 0 saturated carbocycles. The Balaban J connectivity index is 1.81. The topological polar surface area (TPSA) is 12.0 Å². The summed E-state index contributed by atoms with van der Waals surface area (Å²) in [7, 11) is 2.08. The van der Waals surface area contributed by atoms with Crippen LogP contribution in [0.3, 0.4) is 0 Å². The van der Waals surface area contributed by atoms with E-state index in [9.17, 15) is 0 Å². The zero-order valence-corrected chi connectivity index (χ0v) is 13.2. The predicted molar refractivity (Wildman–Crippen MR) is 88.3 cm³/mol. The molecule has 0 aromatic heterocycles. The van der Waals surface area contributed by atoms with E-state index in [2.05, 4.69) is 83.5 Å². The Kier molecular flexibility index (Phi) is 3.89. The molecule has 0 heterocycles. The lowest BCUT2D eigenvalue weighted by molar-refractivity contribution is 0.410. The van der Waals surface area contributed by atoms with Gasteiger partial charge in [0, 0.05) is 9.61 Å². The minimum Gasteiger partial charge on any atom is -0.313 e. The van der Waals surface area contributed by atoms with Crippen LogP contribution in [0.4, 0.5) is 0 Å². The minimum atomic E-state index is 0.496. The monoisotopic (exact) mass is 363 g/mol. The van der Waals surface area contributed by atoms with Crippen LogP contribution in [0.2, 0.25) is 0 Å². The van der Waals surface area contributed by atoms with Crippen LogP contribution in [0.5, 0.6) is 0 Å². The van der Waals surface area contributed by atoms with E-state index in [1.807, 2.05) is 0 Å². The van der Waals surface area contributed by atoms with Crippen LogP contribution in [0.25, 0.3) is 0 Å². The van der Waals surface area contributed by atoms with Crippen LogP contribution < -0.4 is 5.32 Å². The number of rotatable bonds is 3. The van der Waals surface area contributed by atoms with Gasteiger partial charge >= 0.3 is 0 Å². The van der Waals surface area contributed by atoms with Crippen LogP contribution >= 0.6 is 22.6 Å². The lowest BCUT2D eigenvalue weighted by Gasteiger charge is -2.20. The van der Waals surface area contributed by atoms with Gasteiger partial charge in [0.2, 0.25) is 0 Å². The summed E-state index contributed by atoms with van der Waals surface area (Å²) in [6.07, 6.45) is 2.34. The number of hydrogen-bond acceptors (Lipinski definition) is 1. The average Bonchev–Trinajstić information content (AvgIpc) is 2.78. The Morgan fingerprint density at radius 3 is 2.58 bits per heavy atom. The molecule has 2 unspecified atom stereocenters. The van der Waals surface area contributed by atoms with Gasteiger partial charge in [-0.15, -0.1) is 0 Å². The third kappa shape index (κ3) is 2.70. The third-order valence-corrected chi connectivity index (χ3v) is 4.78. The zero-order chi connectivity index (χ0) is 13.2. The second kappa shape index (κ2) is 5.63. The molecule has 0 aliphatic heterocycles. The molecule has 0 fully saturated rings. The first-order valence-corrected chi connectivity index (χ1v) is 7.85. The van der Waals surface area contributed by atoms with E-state index in [-0.39, 0.29) is 0 Å². The maximum Gasteiger partial charge on any atom is 0.0355 e. The molecule has 2 atom stereocenters. The second-order valence-electron chi connectivity index (χ2n) is 5.26. The third-order valence-electron chi connectivity index (χ3n) is 4.07. The van der Waals surface area contributed by atoms with Crippen molar-refractivity contribution >= 4 is 22.6 Å². The van der Waals surface area contributed by atoms with Crippen LogP contribution in [-0.4, -0.2) is 7.05 Å². The van der Waals surface area contributed by atoms with Gasteiger partial charge in [-0.1, -0.05) is 36.4 Å².